The predicted molar refractivity (Wildman–Crippen MR) is 59.0 cm³/mol. The Morgan fingerprint density at radius 3 is 2.62 bits per heavy atom. The minimum absolute atomic E-state index is 0.325. The van der Waals surface area contributed by atoms with Crippen molar-refractivity contribution in [2.75, 3.05) is 6.54 Å². The first-order valence-electron chi connectivity index (χ1n) is 5.10. The van der Waals surface area contributed by atoms with Crippen molar-refractivity contribution in [2.24, 2.45) is 0 Å². The monoisotopic (exact) mass is 175 g/mol. The highest BCUT2D eigenvalue weighted by Crippen LogP contribution is 2.32. The zero-order valence-electron chi connectivity index (χ0n) is 9.15. The lowest BCUT2D eigenvalue weighted by atomic mass is 9.78. The fourth-order valence-corrected chi connectivity index (χ4v) is 2.18. The average molecular weight is 175 g/mol. The highest BCUT2D eigenvalue weighted by molar-refractivity contribution is 6.44. The molecule has 0 aromatic rings. The third kappa shape index (κ3) is 1.60. The van der Waals surface area contributed by atoms with Gasteiger partial charge in [0.1, 0.15) is 0 Å². The Kier molecular flexibility index (Phi) is 1.92. The first kappa shape index (κ1) is 9.08. The fraction of sp³-hybridized carbons (Fsp3) is 0.636. The molecule has 0 radical (unpaired) electrons. The third-order valence-corrected chi connectivity index (χ3v) is 3.06. The van der Waals surface area contributed by atoms with Gasteiger partial charge in [-0.2, -0.15) is 0 Å². The Bertz CT molecular complexity index is 294. The van der Waals surface area contributed by atoms with E-state index >= 15 is 0 Å². The molecule has 1 aliphatic carbocycles. The highest BCUT2D eigenvalue weighted by Gasteiger charge is 2.31. The molecule has 0 atom stereocenters. The van der Waals surface area contributed by atoms with E-state index in [2.05, 4.69) is 38.6 Å². The maximum absolute atomic E-state index is 2.56. The van der Waals surface area contributed by atoms with E-state index in [-0.39, 0.29) is 0 Å². The minimum atomic E-state index is 0.325. The molecule has 0 N–H and O–H groups in total. The Morgan fingerprint density at radius 2 is 2.08 bits per heavy atom. The molecule has 0 spiro atoms. The standard InChI is InChI=1S/C11H18BN/c1-8-5-9-7-13(11(2,3)4)12-10(9)6-8/h5,12H,6-7H2,1-4H3. The Balaban J connectivity index is 2.09. The quantitative estimate of drug-likeness (QED) is 0.509. The van der Waals surface area contributed by atoms with Gasteiger partial charge < -0.3 is 4.81 Å². The van der Waals surface area contributed by atoms with Crippen molar-refractivity contribution in [3.63, 3.8) is 0 Å². The van der Waals surface area contributed by atoms with Crippen LogP contribution in [0.15, 0.2) is 22.7 Å². The van der Waals surface area contributed by atoms with Crippen LogP contribution in [0.3, 0.4) is 0 Å². The second-order valence-corrected chi connectivity index (χ2v) is 5.32. The normalized spacial score (nSPS) is 23.2. The van der Waals surface area contributed by atoms with E-state index in [9.17, 15) is 0 Å². The molecular formula is C11H18BN. The van der Waals surface area contributed by atoms with Gasteiger partial charge in [-0.05, 0) is 39.7 Å². The molecule has 1 heterocycles. The zero-order chi connectivity index (χ0) is 9.64. The van der Waals surface area contributed by atoms with Crippen molar-refractivity contribution in [1.82, 2.24) is 4.81 Å². The number of rotatable bonds is 0. The van der Waals surface area contributed by atoms with Gasteiger partial charge in [0, 0.05) is 12.1 Å². The molecule has 1 aliphatic heterocycles. The van der Waals surface area contributed by atoms with Gasteiger partial charge in [-0.3, -0.25) is 0 Å². The molecule has 70 valence electrons. The van der Waals surface area contributed by atoms with E-state index in [0.29, 0.717) is 5.54 Å². The number of nitrogens with zero attached hydrogens (tertiary/aromatic N) is 1. The lowest BCUT2D eigenvalue weighted by Crippen LogP contribution is -2.42. The van der Waals surface area contributed by atoms with Crippen molar-refractivity contribution in [1.29, 1.82) is 0 Å². The smallest absolute Gasteiger partial charge is 0.235 e. The SMILES string of the molecule is CC1=CC2=C(BN(C(C)(C)C)C2)C1. The van der Waals surface area contributed by atoms with Crippen LogP contribution in [-0.4, -0.2) is 24.3 Å². The summed E-state index contributed by atoms with van der Waals surface area (Å²) in [6.07, 6.45) is 3.60. The Labute approximate surface area is 81.8 Å². The zero-order valence-corrected chi connectivity index (χ0v) is 9.15. The minimum Gasteiger partial charge on any atom is -0.333 e. The average Bonchev–Trinajstić information content (AvgIpc) is 2.40. The van der Waals surface area contributed by atoms with Crippen molar-refractivity contribution in [2.45, 2.75) is 39.7 Å². The molecule has 0 aromatic heterocycles. The molecule has 2 heteroatoms. The summed E-state index contributed by atoms with van der Waals surface area (Å²) < 4.78 is 0. The van der Waals surface area contributed by atoms with Gasteiger partial charge in [0.25, 0.3) is 0 Å². The summed E-state index contributed by atoms with van der Waals surface area (Å²) >= 11 is 0. The summed E-state index contributed by atoms with van der Waals surface area (Å²) in [5, 5.41) is 0. The first-order valence-corrected chi connectivity index (χ1v) is 5.10. The lowest BCUT2D eigenvalue weighted by molar-refractivity contribution is 0.280. The van der Waals surface area contributed by atoms with Crippen molar-refractivity contribution >= 4 is 7.41 Å². The van der Waals surface area contributed by atoms with E-state index < -0.39 is 0 Å². The third-order valence-electron chi connectivity index (χ3n) is 3.06. The van der Waals surface area contributed by atoms with Crippen LogP contribution in [0.1, 0.15) is 34.1 Å². The van der Waals surface area contributed by atoms with E-state index in [1.54, 1.807) is 16.6 Å². The lowest BCUT2D eigenvalue weighted by Gasteiger charge is -2.32. The molecule has 0 saturated heterocycles. The molecule has 0 aromatic carbocycles. The molecule has 2 rings (SSSR count). The van der Waals surface area contributed by atoms with E-state index in [4.69, 9.17) is 0 Å². The molecule has 0 bridgehead atoms. The molecule has 0 amide bonds. The van der Waals surface area contributed by atoms with E-state index in [0.717, 1.165) is 6.54 Å². The van der Waals surface area contributed by atoms with Gasteiger partial charge in [-0.25, -0.2) is 0 Å². The maximum Gasteiger partial charge on any atom is 0.235 e. The summed E-state index contributed by atoms with van der Waals surface area (Å²) in [5.41, 5.74) is 5.12. The van der Waals surface area contributed by atoms with Crippen molar-refractivity contribution in [3.05, 3.63) is 22.7 Å². The van der Waals surface area contributed by atoms with Crippen LogP contribution in [-0.2, 0) is 0 Å². The van der Waals surface area contributed by atoms with Crippen LogP contribution >= 0.6 is 0 Å². The summed E-state index contributed by atoms with van der Waals surface area (Å²) in [7, 11) is 1.19. The summed E-state index contributed by atoms with van der Waals surface area (Å²) in [6.45, 7) is 10.3. The van der Waals surface area contributed by atoms with Gasteiger partial charge in [0.2, 0.25) is 7.41 Å². The second kappa shape index (κ2) is 2.75. The summed E-state index contributed by atoms with van der Waals surface area (Å²) in [4.78, 5) is 2.56. The van der Waals surface area contributed by atoms with Gasteiger partial charge in [0.05, 0.1) is 0 Å². The molecular weight excluding hydrogens is 157 g/mol. The van der Waals surface area contributed by atoms with Crippen LogP contribution in [0.25, 0.3) is 0 Å². The van der Waals surface area contributed by atoms with E-state index in [1.807, 2.05) is 0 Å². The van der Waals surface area contributed by atoms with Crippen LogP contribution in [0.2, 0.25) is 0 Å². The summed E-state index contributed by atoms with van der Waals surface area (Å²) in [5.74, 6) is 0. The van der Waals surface area contributed by atoms with Crippen LogP contribution in [0, 0.1) is 0 Å². The fourth-order valence-electron chi connectivity index (χ4n) is 2.18. The van der Waals surface area contributed by atoms with Crippen LogP contribution < -0.4 is 0 Å². The Morgan fingerprint density at radius 1 is 1.38 bits per heavy atom. The van der Waals surface area contributed by atoms with Crippen LogP contribution in [0.5, 0.6) is 0 Å². The number of allylic oxidation sites excluding steroid dienone is 2. The van der Waals surface area contributed by atoms with Crippen molar-refractivity contribution in [3.8, 4) is 0 Å². The number of hydrogen-bond donors (Lipinski definition) is 0. The molecule has 0 unspecified atom stereocenters. The van der Waals surface area contributed by atoms with Crippen LogP contribution in [0.4, 0.5) is 0 Å². The van der Waals surface area contributed by atoms with Gasteiger partial charge in [-0.1, -0.05) is 17.1 Å². The van der Waals surface area contributed by atoms with Crippen molar-refractivity contribution < 1.29 is 0 Å². The van der Waals surface area contributed by atoms with Gasteiger partial charge >= 0.3 is 0 Å². The predicted octanol–water partition coefficient (Wildman–Crippen LogP) is 2.06. The summed E-state index contributed by atoms with van der Waals surface area (Å²) in [6, 6.07) is 0. The molecule has 0 saturated carbocycles. The molecule has 13 heavy (non-hydrogen) atoms. The van der Waals surface area contributed by atoms with Gasteiger partial charge in [0.15, 0.2) is 0 Å². The Hall–Kier alpha value is -0.495. The van der Waals surface area contributed by atoms with E-state index in [1.165, 1.54) is 13.8 Å². The maximum atomic E-state index is 2.56. The number of hydrogen-bond acceptors (Lipinski definition) is 1. The topological polar surface area (TPSA) is 3.24 Å². The molecule has 2 aliphatic rings. The molecule has 0 fully saturated rings. The highest BCUT2D eigenvalue weighted by atomic mass is 15.1. The second-order valence-electron chi connectivity index (χ2n) is 5.32. The molecule has 1 nitrogen and oxygen atoms in total. The van der Waals surface area contributed by atoms with Gasteiger partial charge in [-0.15, -0.1) is 0 Å². The largest absolute Gasteiger partial charge is 0.333 e. The first-order chi connectivity index (χ1) is 5.97.